The molecule has 0 atom stereocenters. The average molecular weight is 308 g/mol. The van der Waals surface area contributed by atoms with E-state index in [1.54, 1.807) is 23.8 Å². The van der Waals surface area contributed by atoms with Gasteiger partial charge in [0.15, 0.2) is 5.65 Å². The summed E-state index contributed by atoms with van der Waals surface area (Å²) < 4.78 is 6.93. The van der Waals surface area contributed by atoms with Crippen molar-refractivity contribution in [3.05, 3.63) is 46.7 Å². The highest BCUT2D eigenvalue weighted by molar-refractivity contribution is 6.36. The zero-order valence-corrected chi connectivity index (χ0v) is 12.1. The second-order valence-electron chi connectivity index (χ2n) is 4.32. The van der Waals surface area contributed by atoms with Gasteiger partial charge in [0.1, 0.15) is 5.75 Å². The van der Waals surface area contributed by atoms with Crippen molar-refractivity contribution in [1.82, 2.24) is 9.38 Å². The number of hydrogen-bond acceptors (Lipinski definition) is 3. The summed E-state index contributed by atoms with van der Waals surface area (Å²) in [5.41, 5.74) is 8.78. The largest absolute Gasteiger partial charge is 0.495 e. The Labute approximate surface area is 125 Å². The fourth-order valence-corrected chi connectivity index (χ4v) is 2.58. The Kier molecular flexibility index (Phi) is 3.20. The number of aromatic nitrogens is 2. The SMILES string of the molecule is COc1ccc(-c2cn3cc(Cl)cc(Cl)c3n2)cc1N. The Morgan fingerprint density at radius 3 is 2.70 bits per heavy atom. The lowest BCUT2D eigenvalue weighted by Gasteiger charge is -2.05. The molecule has 0 aliphatic carbocycles. The Morgan fingerprint density at radius 2 is 2.00 bits per heavy atom. The molecule has 2 aromatic heterocycles. The highest BCUT2D eigenvalue weighted by atomic mass is 35.5. The maximum Gasteiger partial charge on any atom is 0.156 e. The maximum absolute atomic E-state index is 6.13. The van der Waals surface area contributed by atoms with Gasteiger partial charge in [-0.15, -0.1) is 0 Å². The maximum atomic E-state index is 6.13. The summed E-state index contributed by atoms with van der Waals surface area (Å²) in [5, 5.41) is 1.06. The number of anilines is 1. The highest BCUT2D eigenvalue weighted by Gasteiger charge is 2.10. The molecule has 0 aliphatic heterocycles. The minimum atomic E-state index is 0.505. The summed E-state index contributed by atoms with van der Waals surface area (Å²) in [6, 6.07) is 7.18. The Morgan fingerprint density at radius 1 is 1.20 bits per heavy atom. The van der Waals surface area contributed by atoms with Crippen molar-refractivity contribution in [2.75, 3.05) is 12.8 Å². The molecular formula is C14H11Cl2N3O. The van der Waals surface area contributed by atoms with E-state index in [0.717, 1.165) is 11.3 Å². The van der Waals surface area contributed by atoms with Crippen molar-refractivity contribution >= 4 is 34.5 Å². The first-order valence-corrected chi connectivity index (χ1v) is 6.61. The molecule has 4 nitrogen and oxygen atoms in total. The third kappa shape index (κ3) is 2.17. The first-order valence-electron chi connectivity index (χ1n) is 5.86. The van der Waals surface area contributed by atoms with Crippen LogP contribution < -0.4 is 10.5 Å². The molecule has 0 bridgehead atoms. The van der Waals surface area contributed by atoms with E-state index in [1.807, 2.05) is 24.4 Å². The summed E-state index contributed by atoms with van der Waals surface area (Å²) in [6.07, 6.45) is 3.61. The van der Waals surface area contributed by atoms with Crippen LogP contribution >= 0.6 is 23.2 Å². The van der Waals surface area contributed by atoms with Crippen molar-refractivity contribution < 1.29 is 4.74 Å². The van der Waals surface area contributed by atoms with Gasteiger partial charge in [-0.2, -0.15) is 0 Å². The van der Waals surface area contributed by atoms with E-state index in [4.69, 9.17) is 33.7 Å². The minimum absolute atomic E-state index is 0.505. The van der Waals surface area contributed by atoms with Crippen LogP contribution in [-0.4, -0.2) is 16.5 Å². The number of methoxy groups -OCH3 is 1. The molecule has 0 amide bonds. The normalized spacial score (nSPS) is 10.9. The van der Waals surface area contributed by atoms with Gasteiger partial charge in [0.2, 0.25) is 0 Å². The van der Waals surface area contributed by atoms with Gasteiger partial charge in [0.05, 0.1) is 28.5 Å². The van der Waals surface area contributed by atoms with Crippen LogP contribution in [0.2, 0.25) is 10.0 Å². The average Bonchev–Trinajstić information content (AvgIpc) is 2.82. The van der Waals surface area contributed by atoms with Gasteiger partial charge < -0.3 is 14.9 Å². The van der Waals surface area contributed by atoms with Crippen LogP contribution in [0.4, 0.5) is 5.69 Å². The van der Waals surface area contributed by atoms with Gasteiger partial charge in [-0.1, -0.05) is 23.2 Å². The van der Waals surface area contributed by atoms with E-state index in [2.05, 4.69) is 4.98 Å². The van der Waals surface area contributed by atoms with Crippen molar-refractivity contribution in [2.24, 2.45) is 0 Å². The van der Waals surface area contributed by atoms with Crippen LogP contribution in [-0.2, 0) is 0 Å². The number of fused-ring (bicyclic) bond motifs is 1. The molecule has 3 rings (SSSR count). The third-order valence-electron chi connectivity index (χ3n) is 3.00. The van der Waals surface area contributed by atoms with Gasteiger partial charge in [-0.25, -0.2) is 4.98 Å². The third-order valence-corrected chi connectivity index (χ3v) is 3.48. The van der Waals surface area contributed by atoms with E-state index in [9.17, 15) is 0 Å². The molecule has 20 heavy (non-hydrogen) atoms. The van der Waals surface area contributed by atoms with Crippen LogP contribution in [0.1, 0.15) is 0 Å². The predicted molar refractivity (Wildman–Crippen MR) is 81.6 cm³/mol. The second-order valence-corrected chi connectivity index (χ2v) is 5.16. The highest BCUT2D eigenvalue weighted by Crippen LogP contribution is 2.30. The summed E-state index contributed by atoms with van der Waals surface area (Å²) in [6.45, 7) is 0. The topological polar surface area (TPSA) is 52.5 Å². The number of ether oxygens (including phenoxy) is 1. The van der Waals surface area contributed by atoms with Gasteiger partial charge in [0.25, 0.3) is 0 Å². The Balaban J connectivity index is 2.15. The number of imidazole rings is 1. The number of hydrogen-bond donors (Lipinski definition) is 1. The van der Waals surface area contributed by atoms with Crippen LogP contribution in [0.5, 0.6) is 5.75 Å². The van der Waals surface area contributed by atoms with Crippen molar-refractivity contribution in [3.8, 4) is 17.0 Å². The number of nitrogens with zero attached hydrogens (tertiary/aromatic N) is 2. The number of nitrogens with two attached hydrogens (primary N) is 1. The van der Waals surface area contributed by atoms with Crippen LogP contribution in [0.25, 0.3) is 16.9 Å². The molecule has 6 heteroatoms. The quantitative estimate of drug-likeness (QED) is 0.731. The Hall–Kier alpha value is -1.91. The summed E-state index contributed by atoms with van der Waals surface area (Å²) >= 11 is 12.1. The molecule has 2 heterocycles. The van der Waals surface area contributed by atoms with Crippen molar-refractivity contribution in [1.29, 1.82) is 0 Å². The first-order chi connectivity index (χ1) is 9.58. The number of rotatable bonds is 2. The summed E-state index contributed by atoms with van der Waals surface area (Å²) in [4.78, 5) is 4.50. The summed E-state index contributed by atoms with van der Waals surface area (Å²) in [7, 11) is 1.58. The molecular weight excluding hydrogens is 297 g/mol. The van der Waals surface area contributed by atoms with Crippen LogP contribution in [0, 0.1) is 0 Å². The minimum Gasteiger partial charge on any atom is -0.495 e. The van der Waals surface area contributed by atoms with E-state index < -0.39 is 0 Å². The zero-order chi connectivity index (χ0) is 14.3. The molecule has 0 unspecified atom stereocenters. The molecule has 0 radical (unpaired) electrons. The van der Waals surface area contributed by atoms with Crippen molar-refractivity contribution in [2.45, 2.75) is 0 Å². The molecule has 0 saturated carbocycles. The fraction of sp³-hybridized carbons (Fsp3) is 0.0714. The molecule has 0 spiro atoms. The van der Waals surface area contributed by atoms with Gasteiger partial charge in [-0.05, 0) is 24.3 Å². The number of benzene rings is 1. The monoisotopic (exact) mass is 307 g/mol. The lowest BCUT2D eigenvalue weighted by Crippen LogP contribution is -1.92. The Bertz CT molecular complexity index is 798. The molecule has 0 fully saturated rings. The predicted octanol–water partition coefficient (Wildman–Crippen LogP) is 3.90. The lowest BCUT2D eigenvalue weighted by atomic mass is 10.1. The molecule has 102 valence electrons. The van der Waals surface area contributed by atoms with E-state index in [-0.39, 0.29) is 0 Å². The molecule has 2 N–H and O–H groups in total. The molecule has 0 aliphatic rings. The number of nitrogen functional groups attached to an aromatic ring is 1. The number of halogens is 2. The number of pyridine rings is 1. The molecule has 0 saturated heterocycles. The lowest BCUT2D eigenvalue weighted by molar-refractivity contribution is 0.417. The standard InChI is InChI=1S/C14H11Cl2N3O/c1-20-13-3-2-8(4-11(13)17)12-7-19-6-9(15)5-10(16)14(19)18-12/h2-7H,17H2,1H3. The van der Waals surface area contributed by atoms with Gasteiger partial charge in [0, 0.05) is 18.0 Å². The van der Waals surface area contributed by atoms with Crippen molar-refractivity contribution in [3.63, 3.8) is 0 Å². The van der Waals surface area contributed by atoms with Crippen LogP contribution in [0.15, 0.2) is 36.7 Å². The molecule has 3 aromatic rings. The molecule has 1 aromatic carbocycles. The van der Waals surface area contributed by atoms with E-state index >= 15 is 0 Å². The van der Waals surface area contributed by atoms with E-state index in [0.29, 0.717) is 27.1 Å². The summed E-state index contributed by atoms with van der Waals surface area (Å²) in [5.74, 6) is 0.638. The fourth-order valence-electron chi connectivity index (χ4n) is 2.06. The van der Waals surface area contributed by atoms with Crippen LogP contribution in [0.3, 0.4) is 0 Å². The van der Waals surface area contributed by atoms with E-state index in [1.165, 1.54) is 0 Å². The zero-order valence-electron chi connectivity index (χ0n) is 10.6. The smallest absolute Gasteiger partial charge is 0.156 e. The van der Waals surface area contributed by atoms with Gasteiger partial charge in [-0.3, -0.25) is 0 Å². The second kappa shape index (κ2) is 4.89. The van der Waals surface area contributed by atoms with Gasteiger partial charge >= 0.3 is 0 Å². The first kappa shape index (κ1) is 13.1.